The van der Waals surface area contributed by atoms with Gasteiger partial charge in [0.05, 0.1) is 18.6 Å². The van der Waals surface area contributed by atoms with Gasteiger partial charge in [0.2, 0.25) is 0 Å². The van der Waals surface area contributed by atoms with Gasteiger partial charge in [-0.15, -0.1) is 0 Å². The van der Waals surface area contributed by atoms with Gasteiger partial charge in [0.15, 0.2) is 0 Å². The molecule has 80 valence electrons. The molecule has 0 atom stereocenters. The van der Waals surface area contributed by atoms with E-state index in [1.165, 1.54) is 18.4 Å². The fraction of sp³-hybridized carbons (Fsp3) is 0.583. The molecule has 0 N–H and O–H groups in total. The molecule has 1 aromatic heterocycles. The third-order valence-corrected chi connectivity index (χ3v) is 3.05. The summed E-state index contributed by atoms with van der Waals surface area (Å²) in [6.45, 7) is 1.93. The van der Waals surface area contributed by atoms with Crippen molar-refractivity contribution in [1.29, 1.82) is 5.26 Å². The number of hydrogen-bond acceptors (Lipinski definition) is 3. The van der Waals surface area contributed by atoms with Crippen LogP contribution in [0.5, 0.6) is 0 Å². The van der Waals surface area contributed by atoms with Crippen LogP contribution < -0.4 is 0 Å². The topological polar surface area (TPSA) is 40.2 Å². The van der Waals surface area contributed by atoms with Crippen LogP contribution in [0.4, 0.5) is 0 Å². The minimum absolute atomic E-state index is 0.299. The van der Waals surface area contributed by atoms with Gasteiger partial charge in [-0.1, -0.05) is 0 Å². The summed E-state index contributed by atoms with van der Waals surface area (Å²) in [6, 6.07) is 4.28. The predicted octanol–water partition coefficient (Wildman–Crippen LogP) is 2.41. The van der Waals surface area contributed by atoms with E-state index >= 15 is 0 Å². The van der Waals surface area contributed by atoms with E-state index in [4.69, 9.17) is 9.68 Å². The molecule has 1 aliphatic carbocycles. The Bertz CT molecular complexity index is 346. The number of hydrogen-bond donors (Lipinski definition) is 0. The van der Waals surface area contributed by atoms with Crippen molar-refractivity contribution in [3.8, 4) is 6.07 Å². The van der Waals surface area contributed by atoms with E-state index in [9.17, 15) is 0 Å². The molecule has 1 heterocycles. The van der Waals surface area contributed by atoms with Crippen LogP contribution in [0, 0.1) is 16.7 Å². The summed E-state index contributed by atoms with van der Waals surface area (Å²) in [4.78, 5) is 2.27. The molecule has 0 aliphatic heterocycles. The zero-order valence-corrected chi connectivity index (χ0v) is 9.07. The molecule has 1 aromatic rings. The molecular weight excluding hydrogens is 188 g/mol. The molecule has 0 radical (unpaired) electrons. The van der Waals surface area contributed by atoms with Crippen LogP contribution in [-0.4, -0.2) is 18.5 Å². The summed E-state index contributed by atoms with van der Waals surface area (Å²) >= 11 is 0. The molecule has 0 unspecified atom stereocenters. The Morgan fingerprint density at radius 2 is 2.40 bits per heavy atom. The van der Waals surface area contributed by atoms with E-state index in [2.05, 4.69) is 18.0 Å². The molecule has 1 aliphatic rings. The number of rotatable bonds is 5. The van der Waals surface area contributed by atoms with Crippen LogP contribution in [0.2, 0.25) is 0 Å². The third kappa shape index (κ3) is 2.60. The zero-order chi connectivity index (χ0) is 10.7. The molecule has 1 fully saturated rings. The predicted molar refractivity (Wildman–Crippen MR) is 56.9 cm³/mol. The highest BCUT2D eigenvalue weighted by atomic mass is 16.3. The monoisotopic (exact) mass is 204 g/mol. The van der Waals surface area contributed by atoms with Gasteiger partial charge < -0.3 is 9.32 Å². The smallest absolute Gasteiger partial charge is 0.0947 e. The van der Waals surface area contributed by atoms with Crippen molar-refractivity contribution >= 4 is 0 Å². The summed E-state index contributed by atoms with van der Waals surface area (Å²) in [5, 5.41) is 8.73. The van der Waals surface area contributed by atoms with E-state index in [-0.39, 0.29) is 0 Å². The molecule has 0 saturated heterocycles. The van der Waals surface area contributed by atoms with Gasteiger partial charge in [-0.3, -0.25) is 0 Å². The molecule has 0 amide bonds. The Hall–Kier alpha value is -1.27. The zero-order valence-electron chi connectivity index (χ0n) is 9.07. The second-order valence-corrected chi connectivity index (χ2v) is 4.64. The minimum Gasteiger partial charge on any atom is -0.472 e. The van der Waals surface area contributed by atoms with Crippen molar-refractivity contribution in [1.82, 2.24) is 4.90 Å². The molecule has 1 saturated carbocycles. The first-order valence-electron chi connectivity index (χ1n) is 5.31. The average molecular weight is 204 g/mol. The first kappa shape index (κ1) is 10.3. The first-order valence-corrected chi connectivity index (χ1v) is 5.31. The van der Waals surface area contributed by atoms with Crippen molar-refractivity contribution in [3.05, 3.63) is 24.2 Å². The van der Waals surface area contributed by atoms with Crippen molar-refractivity contribution in [2.75, 3.05) is 13.6 Å². The maximum atomic E-state index is 8.73. The second-order valence-electron chi connectivity index (χ2n) is 4.64. The van der Waals surface area contributed by atoms with Crippen molar-refractivity contribution in [2.45, 2.75) is 25.8 Å². The van der Waals surface area contributed by atoms with Crippen LogP contribution in [0.1, 0.15) is 24.8 Å². The second kappa shape index (κ2) is 4.08. The lowest BCUT2D eigenvalue weighted by Gasteiger charge is -2.21. The van der Waals surface area contributed by atoms with Gasteiger partial charge >= 0.3 is 0 Å². The van der Waals surface area contributed by atoms with Crippen LogP contribution in [0.25, 0.3) is 0 Å². The largest absolute Gasteiger partial charge is 0.472 e. The minimum atomic E-state index is 0.299. The van der Waals surface area contributed by atoms with Crippen molar-refractivity contribution < 1.29 is 4.42 Å². The lowest BCUT2D eigenvalue weighted by Crippen LogP contribution is -2.26. The summed E-state index contributed by atoms with van der Waals surface area (Å²) in [5.41, 5.74) is 1.50. The number of nitriles is 1. The molecule has 0 aromatic carbocycles. The maximum Gasteiger partial charge on any atom is 0.0947 e. The van der Waals surface area contributed by atoms with E-state index in [1.807, 2.05) is 6.07 Å². The highest BCUT2D eigenvalue weighted by Crippen LogP contribution is 2.49. The Morgan fingerprint density at radius 1 is 1.60 bits per heavy atom. The molecule has 3 heteroatoms. The van der Waals surface area contributed by atoms with Gasteiger partial charge in [-0.05, 0) is 31.4 Å². The lowest BCUT2D eigenvalue weighted by atomic mass is 10.0. The Labute approximate surface area is 90.3 Å². The lowest BCUT2D eigenvalue weighted by molar-refractivity contribution is 0.257. The fourth-order valence-corrected chi connectivity index (χ4v) is 2.06. The van der Waals surface area contributed by atoms with Crippen LogP contribution in [-0.2, 0) is 6.54 Å². The summed E-state index contributed by atoms with van der Waals surface area (Å²) in [7, 11) is 2.10. The molecule has 15 heavy (non-hydrogen) atoms. The first-order chi connectivity index (χ1) is 7.24. The van der Waals surface area contributed by atoms with Crippen LogP contribution in [0.3, 0.4) is 0 Å². The van der Waals surface area contributed by atoms with E-state index in [1.54, 1.807) is 12.5 Å². The van der Waals surface area contributed by atoms with E-state index in [0.29, 0.717) is 11.8 Å². The fourth-order valence-electron chi connectivity index (χ4n) is 2.06. The van der Waals surface area contributed by atoms with Gasteiger partial charge in [-0.25, -0.2) is 0 Å². The van der Waals surface area contributed by atoms with Crippen LogP contribution in [0.15, 0.2) is 23.0 Å². The standard InChI is InChI=1S/C12H16N2O/c1-14(8-11-2-7-15-9-11)10-12(3-4-12)5-6-13/h2,7,9H,3-5,8,10H2,1H3. The summed E-state index contributed by atoms with van der Waals surface area (Å²) in [5.74, 6) is 0. The van der Waals surface area contributed by atoms with Crippen molar-refractivity contribution in [2.24, 2.45) is 5.41 Å². The number of nitrogens with zero attached hydrogens (tertiary/aromatic N) is 2. The van der Waals surface area contributed by atoms with E-state index in [0.717, 1.165) is 13.1 Å². The molecule has 0 bridgehead atoms. The van der Waals surface area contributed by atoms with Gasteiger partial charge in [-0.2, -0.15) is 5.26 Å². The highest BCUT2D eigenvalue weighted by Gasteiger charge is 2.42. The van der Waals surface area contributed by atoms with Gasteiger partial charge in [0.25, 0.3) is 0 Å². The summed E-state index contributed by atoms with van der Waals surface area (Å²) < 4.78 is 5.03. The number of furan rings is 1. The third-order valence-electron chi connectivity index (χ3n) is 3.05. The normalized spacial score (nSPS) is 17.7. The SMILES string of the molecule is CN(Cc1ccoc1)CC1(CC#N)CC1. The van der Waals surface area contributed by atoms with Crippen molar-refractivity contribution in [3.63, 3.8) is 0 Å². The molecular formula is C12H16N2O. The Kier molecular flexibility index (Phi) is 2.79. The Balaban J connectivity index is 1.83. The highest BCUT2D eigenvalue weighted by molar-refractivity contribution is 5.06. The summed E-state index contributed by atoms with van der Waals surface area (Å²) in [6.07, 6.45) is 6.58. The molecule has 3 nitrogen and oxygen atoms in total. The van der Waals surface area contributed by atoms with Gasteiger partial charge in [0, 0.05) is 25.1 Å². The van der Waals surface area contributed by atoms with Crippen LogP contribution >= 0.6 is 0 Å². The molecule has 0 spiro atoms. The quantitative estimate of drug-likeness (QED) is 0.739. The average Bonchev–Trinajstić information content (AvgIpc) is 2.75. The maximum absolute atomic E-state index is 8.73. The van der Waals surface area contributed by atoms with E-state index < -0.39 is 0 Å². The Morgan fingerprint density at radius 3 is 2.93 bits per heavy atom. The van der Waals surface area contributed by atoms with Gasteiger partial charge in [0.1, 0.15) is 0 Å². The molecule has 2 rings (SSSR count).